The van der Waals surface area contributed by atoms with Gasteiger partial charge in [0.05, 0.1) is 22.0 Å². The number of nitrogens with one attached hydrogen (secondary N) is 2. The highest BCUT2D eigenvalue weighted by Gasteiger charge is 2.19. The molecule has 3 aromatic heterocycles. The van der Waals surface area contributed by atoms with Crippen molar-refractivity contribution in [3.8, 4) is 0 Å². The summed E-state index contributed by atoms with van der Waals surface area (Å²) in [6.07, 6.45) is 8.04. The molecule has 1 fully saturated rings. The lowest BCUT2D eigenvalue weighted by molar-refractivity contribution is 0.0948. The summed E-state index contributed by atoms with van der Waals surface area (Å²) < 4.78 is 0.828. The second-order valence-electron chi connectivity index (χ2n) is 7.35. The first-order valence-electron chi connectivity index (χ1n) is 9.91. The average Bonchev–Trinajstić information content (AvgIpc) is 3.39. The Hall–Kier alpha value is -2.54. The van der Waals surface area contributed by atoms with Crippen LogP contribution in [0.5, 0.6) is 0 Å². The summed E-state index contributed by atoms with van der Waals surface area (Å²) in [7, 11) is 0. The van der Waals surface area contributed by atoms with Gasteiger partial charge in [-0.2, -0.15) is 0 Å². The molecule has 0 aliphatic heterocycles. The van der Waals surface area contributed by atoms with Crippen LogP contribution in [0.4, 0.5) is 5.95 Å². The van der Waals surface area contributed by atoms with Crippen LogP contribution in [0.25, 0.3) is 10.2 Å². The number of anilines is 1. The molecule has 2 N–H and O–H groups in total. The normalized spacial score (nSPS) is 15.6. The van der Waals surface area contributed by atoms with E-state index in [4.69, 9.17) is 0 Å². The van der Waals surface area contributed by atoms with Crippen molar-refractivity contribution in [1.29, 1.82) is 0 Å². The summed E-state index contributed by atoms with van der Waals surface area (Å²) in [5, 5.41) is 8.28. The Morgan fingerprint density at radius 2 is 2.11 bits per heavy atom. The SMILES string of the molecule is C[C@H](Nc1nc(C(=O)NCCC2CCCC2)c2sccc2n1)c1ccccn1. The van der Waals surface area contributed by atoms with E-state index in [1.165, 1.54) is 37.0 Å². The molecule has 0 unspecified atom stereocenters. The van der Waals surface area contributed by atoms with Crippen molar-refractivity contribution >= 4 is 33.4 Å². The Balaban J connectivity index is 1.49. The molecule has 0 spiro atoms. The van der Waals surface area contributed by atoms with Crippen molar-refractivity contribution in [1.82, 2.24) is 20.3 Å². The number of pyridine rings is 1. The maximum absolute atomic E-state index is 12.8. The Morgan fingerprint density at radius 1 is 1.25 bits per heavy atom. The third kappa shape index (κ3) is 4.30. The van der Waals surface area contributed by atoms with E-state index < -0.39 is 0 Å². The lowest BCUT2D eigenvalue weighted by atomic mass is 10.0. The van der Waals surface area contributed by atoms with Gasteiger partial charge in [-0.15, -0.1) is 11.3 Å². The standard InChI is InChI=1S/C21H25N5OS/c1-14(16-8-4-5-11-22-16)24-21-25-17-10-13-28-19(17)18(26-21)20(27)23-12-9-15-6-2-3-7-15/h4-5,8,10-11,13-15H,2-3,6-7,9,12H2,1H3,(H,23,27)(H,24,25,26)/t14-/m0/s1. The molecule has 1 atom stereocenters. The third-order valence-electron chi connectivity index (χ3n) is 5.31. The van der Waals surface area contributed by atoms with Gasteiger partial charge in [0, 0.05) is 12.7 Å². The summed E-state index contributed by atoms with van der Waals surface area (Å²) in [6.45, 7) is 2.71. The minimum atomic E-state index is -0.124. The van der Waals surface area contributed by atoms with Crippen LogP contribution in [-0.4, -0.2) is 27.4 Å². The van der Waals surface area contributed by atoms with E-state index in [1.54, 1.807) is 6.20 Å². The first kappa shape index (κ1) is 18.8. The quantitative estimate of drug-likeness (QED) is 0.613. The lowest BCUT2D eigenvalue weighted by Gasteiger charge is -2.14. The zero-order valence-electron chi connectivity index (χ0n) is 16.0. The highest BCUT2D eigenvalue weighted by molar-refractivity contribution is 7.17. The van der Waals surface area contributed by atoms with Gasteiger partial charge in [0.25, 0.3) is 5.91 Å². The van der Waals surface area contributed by atoms with Gasteiger partial charge in [0.2, 0.25) is 5.95 Å². The van der Waals surface area contributed by atoms with E-state index in [2.05, 4.69) is 25.6 Å². The van der Waals surface area contributed by atoms with Crippen LogP contribution in [0, 0.1) is 5.92 Å². The summed E-state index contributed by atoms with van der Waals surface area (Å²) in [5.74, 6) is 1.08. The molecule has 0 radical (unpaired) electrons. The second kappa shape index (κ2) is 8.65. The molecule has 1 amide bonds. The van der Waals surface area contributed by atoms with Crippen LogP contribution in [-0.2, 0) is 0 Å². The molecule has 146 valence electrons. The molecule has 1 aliphatic carbocycles. The van der Waals surface area contributed by atoms with Gasteiger partial charge >= 0.3 is 0 Å². The van der Waals surface area contributed by atoms with Crippen molar-refractivity contribution in [2.75, 3.05) is 11.9 Å². The fourth-order valence-corrected chi connectivity index (χ4v) is 4.57. The largest absolute Gasteiger partial charge is 0.351 e. The van der Waals surface area contributed by atoms with Crippen LogP contribution in [0.2, 0.25) is 0 Å². The molecule has 28 heavy (non-hydrogen) atoms. The van der Waals surface area contributed by atoms with E-state index in [-0.39, 0.29) is 11.9 Å². The molecule has 4 rings (SSSR count). The van der Waals surface area contributed by atoms with Crippen LogP contribution in [0.3, 0.4) is 0 Å². The van der Waals surface area contributed by atoms with Gasteiger partial charge < -0.3 is 10.6 Å². The summed E-state index contributed by atoms with van der Waals surface area (Å²) >= 11 is 1.50. The highest BCUT2D eigenvalue weighted by Crippen LogP contribution is 2.27. The monoisotopic (exact) mass is 395 g/mol. The zero-order chi connectivity index (χ0) is 19.3. The molecule has 0 aromatic carbocycles. The van der Waals surface area contributed by atoms with Crippen LogP contribution < -0.4 is 10.6 Å². The average molecular weight is 396 g/mol. The fraction of sp³-hybridized carbons (Fsp3) is 0.429. The molecule has 6 nitrogen and oxygen atoms in total. The Labute approximate surface area is 168 Å². The molecule has 0 saturated heterocycles. The Morgan fingerprint density at radius 3 is 2.89 bits per heavy atom. The van der Waals surface area contributed by atoms with E-state index >= 15 is 0 Å². The lowest BCUT2D eigenvalue weighted by Crippen LogP contribution is -2.27. The predicted octanol–water partition coefficient (Wildman–Crippen LogP) is 4.57. The van der Waals surface area contributed by atoms with Gasteiger partial charge in [-0.3, -0.25) is 9.78 Å². The van der Waals surface area contributed by atoms with Gasteiger partial charge in [-0.1, -0.05) is 31.7 Å². The zero-order valence-corrected chi connectivity index (χ0v) is 16.8. The third-order valence-corrected chi connectivity index (χ3v) is 6.22. The van der Waals surface area contributed by atoms with Gasteiger partial charge in [-0.25, -0.2) is 9.97 Å². The minimum absolute atomic E-state index is 0.0597. The molecule has 1 saturated carbocycles. The maximum atomic E-state index is 12.8. The molecule has 0 bridgehead atoms. The van der Waals surface area contributed by atoms with Crippen LogP contribution >= 0.6 is 11.3 Å². The molecular weight excluding hydrogens is 370 g/mol. The first-order chi connectivity index (χ1) is 13.7. The Bertz CT molecular complexity index is 936. The van der Waals surface area contributed by atoms with E-state index in [1.807, 2.05) is 36.6 Å². The molecule has 3 aromatic rings. The smallest absolute Gasteiger partial charge is 0.271 e. The molecule has 7 heteroatoms. The fourth-order valence-electron chi connectivity index (χ4n) is 3.75. The van der Waals surface area contributed by atoms with Crippen molar-refractivity contribution in [3.05, 3.63) is 47.2 Å². The number of fused-ring (bicyclic) bond motifs is 1. The molecule has 3 heterocycles. The minimum Gasteiger partial charge on any atom is -0.351 e. The van der Waals surface area contributed by atoms with Gasteiger partial charge in [0.15, 0.2) is 5.69 Å². The number of carbonyl (C=O) groups is 1. The predicted molar refractivity (Wildman–Crippen MR) is 113 cm³/mol. The van der Waals surface area contributed by atoms with E-state index in [9.17, 15) is 4.79 Å². The van der Waals surface area contributed by atoms with E-state index in [0.717, 1.165) is 28.2 Å². The number of amides is 1. The van der Waals surface area contributed by atoms with Crippen LogP contribution in [0.1, 0.15) is 61.3 Å². The van der Waals surface area contributed by atoms with Crippen LogP contribution in [0.15, 0.2) is 35.8 Å². The second-order valence-corrected chi connectivity index (χ2v) is 8.26. The molecular formula is C21H25N5OS. The number of thiophene rings is 1. The number of hydrogen-bond acceptors (Lipinski definition) is 6. The first-order valence-corrected chi connectivity index (χ1v) is 10.8. The van der Waals surface area contributed by atoms with Gasteiger partial charge in [-0.05, 0) is 42.8 Å². The highest BCUT2D eigenvalue weighted by atomic mass is 32.1. The topological polar surface area (TPSA) is 79.8 Å². The number of hydrogen-bond donors (Lipinski definition) is 2. The number of carbonyl (C=O) groups excluding carboxylic acids is 1. The Kier molecular flexibility index (Phi) is 5.81. The van der Waals surface area contributed by atoms with Crippen molar-refractivity contribution in [2.45, 2.75) is 45.1 Å². The number of aromatic nitrogens is 3. The summed E-state index contributed by atoms with van der Waals surface area (Å²) in [5.41, 5.74) is 2.14. The molecule has 1 aliphatic rings. The van der Waals surface area contributed by atoms with Gasteiger partial charge in [0.1, 0.15) is 0 Å². The van der Waals surface area contributed by atoms with Crippen molar-refractivity contribution in [3.63, 3.8) is 0 Å². The van der Waals surface area contributed by atoms with Crippen molar-refractivity contribution in [2.24, 2.45) is 5.92 Å². The maximum Gasteiger partial charge on any atom is 0.271 e. The van der Waals surface area contributed by atoms with Crippen molar-refractivity contribution < 1.29 is 4.79 Å². The van der Waals surface area contributed by atoms with E-state index in [0.29, 0.717) is 18.2 Å². The summed E-state index contributed by atoms with van der Waals surface area (Å²) in [6, 6.07) is 7.66. The number of rotatable bonds is 7. The number of nitrogens with zero attached hydrogens (tertiary/aromatic N) is 3. The summed E-state index contributed by atoms with van der Waals surface area (Å²) in [4.78, 5) is 26.3.